The minimum Gasteiger partial charge on any atom is -0.657 e. The Morgan fingerprint density at radius 2 is 0.738 bits per heavy atom. The second kappa shape index (κ2) is 18.3. The number of anilines is 2. The SMILES string of the molecule is CC(C)(C)c1cc(N2[CH-]N(c3cc(C(C)(C)C)cc(C(C)(C)C)c3)C(c3cc(-c4ccccc4)cc(-c4ccccc4)c3)=N2)cc(C(C)(C)C)c1.[Au].c1ccc2c(c1)[n-]c1ccccc12. The maximum atomic E-state index is 5.51. The van der Waals surface area contributed by atoms with E-state index in [2.05, 4.69) is 256 Å². The van der Waals surface area contributed by atoms with Crippen molar-refractivity contribution in [2.45, 2.75) is 105 Å². The number of benzene rings is 7. The van der Waals surface area contributed by atoms with E-state index >= 15 is 0 Å². The fourth-order valence-corrected chi connectivity index (χ4v) is 8.15. The molecule has 1 aliphatic rings. The number of para-hydroxylation sites is 2. The summed E-state index contributed by atoms with van der Waals surface area (Å²) >= 11 is 0. The van der Waals surface area contributed by atoms with Gasteiger partial charge in [-0.05, 0) is 119 Å². The molecule has 2 heterocycles. The third-order valence-corrected chi connectivity index (χ3v) is 12.2. The molecule has 4 nitrogen and oxygen atoms in total. The summed E-state index contributed by atoms with van der Waals surface area (Å²) in [4.78, 5) is 6.82. The van der Waals surface area contributed by atoms with E-state index in [1.165, 1.54) is 44.2 Å². The normalized spacial score (nSPS) is 13.4. The van der Waals surface area contributed by atoms with Crippen molar-refractivity contribution >= 4 is 39.0 Å². The van der Waals surface area contributed by atoms with Gasteiger partial charge in [-0.15, -0.1) is 17.7 Å². The summed E-state index contributed by atoms with van der Waals surface area (Å²) in [6, 6.07) is 58.9. The predicted molar refractivity (Wildman–Crippen MR) is 276 cm³/mol. The van der Waals surface area contributed by atoms with Gasteiger partial charge in [0.2, 0.25) is 0 Å². The molecular formula is C60H64AuN4-2. The largest absolute Gasteiger partial charge is 0.657 e. The number of nitrogens with zero attached hydrogens (tertiary/aromatic N) is 4. The minimum atomic E-state index is -0.0247. The van der Waals surface area contributed by atoms with Gasteiger partial charge in [0, 0.05) is 39.3 Å². The summed E-state index contributed by atoms with van der Waals surface area (Å²) < 4.78 is 0. The summed E-state index contributed by atoms with van der Waals surface area (Å²) in [5, 5.41) is 10.1. The van der Waals surface area contributed by atoms with Crippen molar-refractivity contribution in [2.75, 3.05) is 9.91 Å². The molecule has 0 aliphatic carbocycles. The molecule has 0 unspecified atom stereocenters. The van der Waals surface area contributed by atoms with Gasteiger partial charge >= 0.3 is 0 Å². The van der Waals surface area contributed by atoms with Crippen molar-refractivity contribution in [2.24, 2.45) is 5.10 Å². The first-order valence-electron chi connectivity index (χ1n) is 22.7. The van der Waals surface area contributed by atoms with Crippen LogP contribution in [0.1, 0.15) is 111 Å². The summed E-state index contributed by atoms with van der Waals surface area (Å²) in [5.41, 5.74) is 15.3. The monoisotopic (exact) mass is 1040 g/mol. The summed E-state index contributed by atoms with van der Waals surface area (Å²) in [5.74, 6) is 0.898. The van der Waals surface area contributed by atoms with Crippen LogP contribution in [-0.2, 0) is 44.0 Å². The molecule has 0 atom stereocenters. The van der Waals surface area contributed by atoms with Crippen LogP contribution in [0.4, 0.5) is 11.4 Å². The smallest absolute Gasteiger partial charge is 0.129 e. The number of hydrazone groups is 1. The molecule has 8 aromatic rings. The molecular weight excluding hydrogens is 974 g/mol. The van der Waals surface area contributed by atoms with Crippen molar-refractivity contribution in [3.63, 3.8) is 0 Å². The Kier molecular flexibility index (Phi) is 13.3. The fraction of sp³-hybridized carbons (Fsp3) is 0.267. The Morgan fingerprint density at radius 1 is 0.385 bits per heavy atom. The maximum Gasteiger partial charge on any atom is 0.129 e. The first kappa shape index (κ1) is 47.3. The topological polar surface area (TPSA) is 32.9 Å². The van der Waals surface area contributed by atoms with Crippen LogP contribution in [0.15, 0.2) is 169 Å². The molecule has 9 rings (SSSR count). The van der Waals surface area contributed by atoms with Crippen LogP contribution in [0, 0.1) is 6.67 Å². The number of hydrogen-bond acceptors (Lipinski definition) is 3. The third kappa shape index (κ3) is 10.6. The van der Waals surface area contributed by atoms with Crippen molar-refractivity contribution in [3.8, 4) is 22.3 Å². The number of fused-ring (bicyclic) bond motifs is 3. The van der Waals surface area contributed by atoms with Gasteiger partial charge in [0.05, 0.1) is 0 Å². The van der Waals surface area contributed by atoms with E-state index < -0.39 is 0 Å². The Bertz CT molecular complexity index is 2780. The van der Waals surface area contributed by atoms with E-state index in [1.807, 2.05) is 12.1 Å². The quantitative estimate of drug-likeness (QED) is 0.127. The molecule has 0 saturated carbocycles. The van der Waals surface area contributed by atoms with Gasteiger partial charge in [0.15, 0.2) is 0 Å². The van der Waals surface area contributed by atoms with E-state index in [0.717, 1.165) is 44.9 Å². The number of hydrogen-bond donors (Lipinski definition) is 0. The molecule has 7 aromatic carbocycles. The average molecular weight is 1040 g/mol. The second-order valence-corrected chi connectivity index (χ2v) is 21.5. The minimum absolute atomic E-state index is 0. The molecule has 337 valence electrons. The second-order valence-electron chi connectivity index (χ2n) is 21.5. The molecule has 1 radical (unpaired) electrons. The van der Waals surface area contributed by atoms with Crippen molar-refractivity contribution in [1.82, 2.24) is 4.98 Å². The zero-order valence-electron chi connectivity index (χ0n) is 40.3. The Balaban J connectivity index is 0.000000381. The molecule has 0 saturated heterocycles. The fourth-order valence-electron chi connectivity index (χ4n) is 8.15. The first-order valence-corrected chi connectivity index (χ1v) is 22.7. The predicted octanol–water partition coefficient (Wildman–Crippen LogP) is 16.0. The molecule has 0 amide bonds. The van der Waals surface area contributed by atoms with Crippen LogP contribution < -0.4 is 14.9 Å². The van der Waals surface area contributed by atoms with Gasteiger partial charge in [0.1, 0.15) is 5.84 Å². The Morgan fingerprint density at radius 3 is 1.14 bits per heavy atom. The number of aromatic nitrogens is 1. The van der Waals surface area contributed by atoms with Crippen LogP contribution in [-0.4, -0.2) is 5.84 Å². The molecule has 65 heavy (non-hydrogen) atoms. The summed E-state index contributed by atoms with van der Waals surface area (Å²) in [6.45, 7) is 29.7. The molecule has 0 N–H and O–H groups in total. The van der Waals surface area contributed by atoms with Gasteiger partial charge in [-0.3, -0.25) is 0 Å². The molecule has 1 aliphatic heterocycles. The van der Waals surface area contributed by atoms with E-state index in [1.54, 1.807) is 0 Å². The zero-order valence-corrected chi connectivity index (χ0v) is 42.4. The van der Waals surface area contributed by atoms with Gasteiger partial charge < -0.3 is 14.9 Å². The number of rotatable bonds is 5. The van der Waals surface area contributed by atoms with Crippen molar-refractivity contribution in [3.05, 3.63) is 198 Å². The van der Waals surface area contributed by atoms with Gasteiger partial charge in [-0.25, -0.2) is 0 Å². The maximum absolute atomic E-state index is 5.51. The average Bonchev–Trinajstić information content (AvgIpc) is 3.89. The standard InChI is InChI=1S/C48H56N3.C12H8N.Au/c1-45(2,3)38-26-39(46(4,5)6)29-42(28-38)50-32-51(43-30-40(47(7,8)9)27-41(31-43)48(10,11)12)49-44(50)37-24-35(33-19-15-13-16-20-33)23-36(25-37)34-21-17-14-18-22-34;1-3-7-11-9(5-1)10-6-2-4-8-12(10)13-11;/h13-32H,1-12H3;1-8H;/q2*-1;. The van der Waals surface area contributed by atoms with Crippen LogP contribution >= 0.6 is 0 Å². The molecule has 0 spiro atoms. The molecule has 1 aromatic heterocycles. The van der Waals surface area contributed by atoms with Gasteiger partial charge in [0.25, 0.3) is 0 Å². The van der Waals surface area contributed by atoms with Gasteiger partial charge in [-0.2, -0.15) is 5.10 Å². The summed E-state index contributed by atoms with van der Waals surface area (Å²) in [7, 11) is 0. The zero-order chi connectivity index (χ0) is 45.6. The van der Waals surface area contributed by atoms with E-state index in [9.17, 15) is 0 Å². The summed E-state index contributed by atoms with van der Waals surface area (Å²) in [6.07, 6.45) is 0. The van der Waals surface area contributed by atoms with Crippen LogP contribution in [0.2, 0.25) is 0 Å². The first-order chi connectivity index (χ1) is 30.2. The Labute approximate surface area is 404 Å². The molecule has 0 fully saturated rings. The Hall–Kier alpha value is -5.65. The van der Waals surface area contributed by atoms with Crippen LogP contribution in [0.3, 0.4) is 0 Å². The number of amidine groups is 1. The van der Waals surface area contributed by atoms with Crippen LogP contribution in [0.25, 0.3) is 44.1 Å². The van der Waals surface area contributed by atoms with Crippen molar-refractivity contribution in [1.29, 1.82) is 0 Å². The van der Waals surface area contributed by atoms with Gasteiger partial charge in [-0.1, -0.05) is 204 Å². The molecule has 5 heteroatoms. The van der Waals surface area contributed by atoms with Crippen molar-refractivity contribution < 1.29 is 22.4 Å². The van der Waals surface area contributed by atoms with E-state index in [-0.39, 0.29) is 44.0 Å². The van der Waals surface area contributed by atoms with Crippen LogP contribution in [0.5, 0.6) is 0 Å². The molecule has 0 bridgehead atoms. The van der Waals surface area contributed by atoms with E-state index in [0.29, 0.717) is 0 Å². The third-order valence-electron chi connectivity index (χ3n) is 12.2. The van der Waals surface area contributed by atoms with E-state index in [4.69, 9.17) is 5.10 Å².